The zero-order valence-corrected chi connectivity index (χ0v) is 31.0. The van der Waals surface area contributed by atoms with Gasteiger partial charge in [0.05, 0.1) is 70.2 Å². The molecule has 55 heavy (non-hydrogen) atoms. The Morgan fingerprint density at radius 1 is 0.655 bits per heavy atom. The van der Waals surface area contributed by atoms with Crippen LogP contribution in [0.4, 0.5) is 13.2 Å². The molecule has 1 aromatic heterocycles. The van der Waals surface area contributed by atoms with Crippen LogP contribution in [0.3, 0.4) is 0 Å². The molecule has 0 saturated carbocycles. The topological polar surface area (TPSA) is 90.9 Å². The maximum atomic E-state index is 13.0. The van der Waals surface area contributed by atoms with Crippen LogP contribution in [0.1, 0.15) is 40.3 Å². The first-order valence-electron chi connectivity index (χ1n) is 18.4. The van der Waals surface area contributed by atoms with E-state index in [2.05, 4.69) is 72.2 Å². The van der Waals surface area contributed by atoms with E-state index >= 15 is 0 Å². The van der Waals surface area contributed by atoms with Crippen molar-refractivity contribution in [2.24, 2.45) is 0 Å². The Kier molecular flexibility index (Phi) is 16.4. The van der Waals surface area contributed by atoms with Crippen molar-refractivity contribution in [3.05, 3.63) is 149 Å². The van der Waals surface area contributed by atoms with Crippen molar-refractivity contribution in [3.8, 4) is 22.4 Å². The zero-order chi connectivity index (χ0) is 38.7. The third kappa shape index (κ3) is 13.4. The van der Waals surface area contributed by atoms with E-state index < -0.39 is 17.8 Å². The second kappa shape index (κ2) is 21.8. The summed E-state index contributed by atoms with van der Waals surface area (Å²) in [5.41, 5.74) is 7.38. The summed E-state index contributed by atoms with van der Waals surface area (Å²) in [5, 5.41) is 6.30. The van der Waals surface area contributed by atoms with Crippen molar-refractivity contribution in [2.45, 2.75) is 32.1 Å². The number of carbonyl (C=O) groups excluding carboxylic acids is 1. The summed E-state index contributed by atoms with van der Waals surface area (Å²) >= 11 is 0. The average Bonchev–Trinajstić information content (AvgIpc) is 3.20. The summed E-state index contributed by atoms with van der Waals surface area (Å²) in [6.07, 6.45) is -2.42. The number of pyridine rings is 1. The highest BCUT2D eigenvalue weighted by Gasteiger charge is 2.30. The largest absolute Gasteiger partial charge is 0.416 e. The number of aromatic nitrogens is 1. The molecule has 0 aliphatic heterocycles. The van der Waals surface area contributed by atoms with Gasteiger partial charge in [-0.05, 0) is 58.5 Å². The number of hydrogen-bond acceptors (Lipinski definition) is 7. The number of carbonyl (C=O) groups is 1. The molecule has 4 aromatic carbocycles. The second-order valence-corrected chi connectivity index (χ2v) is 12.8. The number of nitrogens with zero attached hydrogens (tertiary/aromatic N) is 1. The molecule has 1 heterocycles. The predicted octanol–water partition coefficient (Wildman–Crippen LogP) is 8.19. The first kappa shape index (κ1) is 41.3. The molecular formula is C44H48F3N3O5. The highest BCUT2D eigenvalue weighted by atomic mass is 19.4. The lowest BCUT2D eigenvalue weighted by Gasteiger charge is -2.20. The Bertz CT molecular complexity index is 1860. The van der Waals surface area contributed by atoms with Crippen LogP contribution in [-0.2, 0) is 36.5 Å². The Balaban J connectivity index is 0.859. The first-order chi connectivity index (χ1) is 26.8. The molecule has 1 amide bonds. The predicted molar refractivity (Wildman–Crippen MR) is 207 cm³/mol. The van der Waals surface area contributed by atoms with Gasteiger partial charge in [-0.3, -0.25) is 9.78 Å². The fraction of sp³-hybridized carbons (Fsp3) is 0.318. The minimum Gasteiger partial charge on any atom is -0.379 e. The highest BCUT2D eigenvalue weighted by molar-refractivity contribution is 5.77. The Labute approximate surface area is 321 Å². The Hall–Kier alpha value is -4.91. The van der Waals surface area contributed by atoms with Gasteiger partial charge in [-0.15, -0.1) is 0 Å². The van der Waals surface area contributed by atoms with Crippen molar-refractivity contribution >= 4 is 5.91 Å². The average molecular weight is 756 g/mol. The smallest absolute Gasteiger partial charge is 0.379 e. The molecule has 2 N–H and O–H groups in total. The molecule has 11 heteroatoms. The fourth-order valence-corrected chi connectivity index (χ4v) is 5.94. The molecule has 5 rings (SSSR count). The van der Waals surface area contributed by atoms with Gasteiger partial charge in [-0.1, -0.05) is 97.1 Å². The van der Waals surface area contributed by atoms with Crippen molar-refractivity contribution < 1.29 is 36.9 Å². The van der Waals surface area contributed by atoms with Gasteiger partial charge in [0.25, 0.3) is 0 Å². The van der Waals surface area contributed by atoms with E-state index in [4.69, 9.17) is 23.9 Å². The van der Waals surface area contributed by atoms with Gasteiger partial charge < -0.3 is 29.6 Å². The first-order valence-corrected chi connectivity index (χ1v) is 18.4. The minimum absolute atomic E-state index is 0.0952. The van der Waals surface area contributed by atoms with E-state index in [-0.39, 0.29) is 18.9 Å². The molecular weight excluding hydrogens is 707 g/mol. The highest BCUT2D eigenvalue weighted by Crippen LogP contribution is 2.32. The number of hydrogen-bond donors (Lipinski definition) is 2. The van der Waals surface area contributed by atoms with Crippen molar-refractivity contribution in [1.29, 1.82) is 0 Å². The summed E-state index contributed by atoms with van der Waals surface area (Å²) in [5.74, 6) is -0.277. The number of nitrogens with one attached hydrogen (secondary N) is 2. The van der Waals surface area contributed by atoms with E-state index in [0.717, 1.165) is 34.5 Å². The molecule has 0 aliphatic rings. The van der Waals surface area contributed by atoms with Crippen LogP contribution in [0.5, 0.6) is 0 Å². The molecule has 290 valence electrons. The number of alkyl halides is 3. The minimum atomic E-state index is -4.43. The molecule has 8 nitrogen and oxygen atoms in total. The van der Waals surface area contributed by atoms with Crippen molar-refractivity contribution in [3.63, 3.8) is 0 Å². The third-order valence-electron chi connectivity index (χ3n) is 8.87. The molecule has 5 aromatic rings. The van der Waals surface area contributed by atoms with Crippen LogP contribution in [0.2, 0.25) is 0 Å². The number of halogens is 3. The summed E-state index contributed by atoms with van der Waals surface area (Å²) in [7, 11) is 0. The zero-order valence-electron chi connectivity index (χ0n) is 31.0. The lowest BCUT2D eigenvalue weighted by Crippen LogP contribution is -2.30. The molecule has 1 unspecified atom stereocenters. The molecule has 0 aliphatic carbocycles. The van der Waals surface area contributed by atoms with Gasteiger partial charge in [0.15, 0.2) is 0 Å². The number of benzene rings is 4. The SMILES string of the molecule is Cc1c(-c2ccccc2)cccc1-c1ccc(CNCCOCCOCCOCCOCCC(=O)NC(c2ccccc2)c2ccc(C(F)(F)F)cc2)cn1. The van der Waals surface area contributed by atoms with Crippen molar-refractivity contribution in [1.82, 2.24) is 15.6 Å². The summed E-state index contributed by atoms with van der Waals surface area (Å²) < 4.78 is 61.4. The van der Waals surface area contributed by atoms with Gasteiger partial charge in [0.2, 0.25) is 5.91 Å². The van der Waals surface area contributed by atoms with Crippen LogP contribution >= 0.6 is 0 Å². The second-order valence-electron chi connectivity index (χ2n) is 12.8. The summed E-state index contributed by atoms with van der Waals surface area (Å²) in [6, 6.07) is 34.2. The van der Waals surface area contributed by atoms with Gasteiger partial charge in [0.1, 0.15) is 0 Å². The lowest BCUT2D eigenvalue weighted by molar-refractivity contribution is -0.137. The molecule has 0 radical (unpaired) electrons. The third-order valence-corrected chi connectivity index (χ3v) is 8.87. The Morgan fingerprint density at radius 2 is 1.24 bits per heavy atom. The van der Waals surface area contributed by atoms with E-state index in [9.17, 15) is 18.0 Å². The van der Waals surface area contributed by atoms with E-state index in [1.54, 1.807) is 0 Å². The monoisotopic (exact) mass is 755 g/mol. The van der Waals surface area contributed by atoms with Crippen molar-refractivity contribution in [2.75, 3.05) is 59.4 Å². The van der Waals surface area contributed by atoms with E-state index in [0.29, 0.717) is 64.9 Å². The quantitative estimate of drug-likeness (QED) is 0.0689. The normalized spacial score (nSPS) is 12.1. The van der Waals surface area contributed by atoms with Gasteiger partial charge >= 0.3 is 6.18 Å². The lowest BCUT2D eigenvalue weighted by atomic mass is 9.95. The molecule has 0 fully saturated rings. The van der Waals surface area contributed by atoms with E-state index in [1.165, 1.54) is 28.8 Å². The van der Waals surface area contributed by atoms with Crippen LogP contribution in [0.25, 0.3) is 22.4 Å². The van der Waals surface area contributed by atoms with Crippen LogP contribution in [-0.4, -0.2) is 70.3 Å². The number of amides is 1. The van der Waals surface area contributed by atoms with E-state index in [1.807, 2.05) is 42.6 Å². The molecule has 0 spiro atoms. The van der Waals surface area contributed by atoms with Gasteiger partial charge in [-0.25, -0.2) is 0 Å². The fourth-order valence-electron chi connectivity index (χ4n) is 5.94. The number of ether oxygens (including phenoxy) is 4. The standard InChI is InChI=1S/C44H48F3N3O5/c1-33-39(35-9-4-2-5-10-35)13-8-14-40(33)41-20-15-34(32-49-41)31-48-22-24-53-26-28-55-30-29-54-27-25-52-23-21-42(51)50-43(36-11-6-3-7-12-36)37-16-18-38(19-17-37)44(45,46)47/h2-20,32,43,48H,21-31H2,1H3,(H,50,51). The van der Waals surface area contributed by atoms with Crippen LogP contribution in [0.15, 0.2) is 121 Å². The Morgan fingerprint density at radius 3 is 1.85 bits per heavy atom. The van der Waals surface area contributed by atoms with Crippen LogP contribution < -0.4 is 10.6 Å². The number of rotatable bonds is 22. The van der Waals surface area contributed by atoms with Crippen LogP contribution in [0, 0.1) is 6.92 Å². The summed E-state index contributed by atoms with van der Waals surface area (Å²) in [4.78, 5) is 17.4. The molecule has 0 saturated heterocycles. The van der Waals surface area contributed by atoms with Gasteiger partial charge in [-0.2, -0.15) is 13.2 Å². The molecule has 1 atom stereocenters. The summed E-state index contributed by atoms with van der Waals surface area (Å²) in [6.45, 7) is 6.73. The maximum absolute atomic E-state index is 13.0. The maximum Gasteiger partial charge on any atom is 0.416 e. The van der Waals surface area contributed by atoms with Gasteiger partial charge in [0, 0.05) is 31.3 Å². The molecule has 0 bridgehead atoms.